The number of nitrogens with two attached hydrogens (primary N) is 1. The van der Waals surface area contributed by atoms with Crippen LogP contribution in [0.1, 0.15) is 0 Å². The van der Waals surface area contributed by atoms with Crippen molar-refractivity contribution in [3.05, 3.63) is 18.3 Å². The molecule has 1 aliphatic rings. The van der Waals surface area contributed by atoms with E-state index in [4.69, 9.17) is 5.84 Å². The van der Waals surface area contributed by atoms with Crippen LogP contribution in [0.5, 0.6) is 0 Å². The molecule has 0 aromatic carbocycles. The topological polar surface area (TPSA) is 71.2 Å². The van der Waals surface area contributed by atoms with E-state index in [9.17, 15) is 4.79 Å². The summed E-state index contributed by atoms with van der Waals surface area (Å²) in [6.45, 7) is 0.179. The third kappa shape index (κ3) is 0.998. The fourth-order valence-electron chi connectivity index (χ4n) is 1.14. The van der Waals surface area contributed by atoms with Crippen LogP contribution in [0.3, 0.4) is 0 Å². The number of hydrazine groups is 1. The first-order valence-electron chi connectivity index (χ1n) is 3.54. The van der Waals surface area contributed by atoms with Crippen molar-refractivity contribution in [3.8, 4) is 0 Å². The van der Waals surface area contributed by atoms with Crippen LogP contribution >= 0.6 is 0 Å². The molecule has 0 unspecified atom stereocenters. The van der Waals surface area contributed by atoms with Gasteiger partial charge in [0.15, 0.2) is 5.82 Å². The second kappa shape index (κ2) is 2.46. The van der Waals surface area contributed by atoms with Crippen LogP contribution in [0.2, 0.25) is 0 Å². The highest BCUT2D eigenvalue weighted by atomic mass is 16.2. The summed E-state index contributed by atoms with van der Waals surface area (Å²) in [4.78, 5) is 14.9. The maximum atomic E-state index is 11.0. The summed E-state index contributed by atoms with van der Waals surface area (Å²) in [5.41, 5.74) is 0.747. The van der Waals surface area contributed by atoms with Crippen molar-refractivity contribution in [3.63, 3.8) is 0 Å². The molecule has 0 saturated heterocycles. The van der Waals surface area contributed by atoms with Crippen molar-refractivity contribution in [2.45, 2.75) is 0 Å². The first-order chi connectivity index (χ1) is 5.77. The Labute approximate surface area is 69.2 Å². The van der Waals surface area contributed by atoms with Crippen molar-refractivity contribution in [2.24, 2.45) is 5.84 Å². The van der Waals surface area contributed by atoms with E-state index in [2.05, 4.69) is 10.3 Å². The number of rotatable bonds is 0. The number of amides is 1. The van der Waals surface area contributed by atoms with Gasteiger partial charge >= 0.3 is 0 Å². The van der Waals surface area contributed by atoms with Gasteiger partial charge in [-0.15, -0.1) is 0 Å². The number of hydrogen-bond donors (Lipinski definition) is 2. The molecule has 0 atom stereocenters. The SMILES string of the molecule is NN1CC(=O)Nc2ncccc21. The van der Waals surface area contributed by atoms with Gasteiger partial charge in [-0.2, -0.15) is 0 Å². The largest absolute Gasteiger partial charge is 0.307 e. The lowest BCUT2D eigenvalue weighted by molar-refractivity contribution is -0.115. The fraction of sp³-hybridized carbons (Fsp3) is 0.143. The molecule has 0 spiro atoms. The smallest absolute Gasteiger partial charge is 0.246 e. The zero-order valence-electron chi connectivity index (χ0n) is 6.32. The summed E-state index contributed by atoms with van der Waals surface area (Å²) < 4.78 is 0. The Morgan fingerprint density at radius 2 is 2.50 bits per heavy atom. The van der Waals surface area contributed by atoms with E-state index in [1.165, 1.54) is 5.01 Å². The van der Waals surface area contributed by atoms with Gasteiger partial charge in [0.1, 0.15) is 6.54 Å². The van der Waals surface area contributed by atoms with Crippen molar-refractivity contribution in [1.29, 1.82) is 0 Å². The third-order valence-electron chi connectivity index (χ3n) is 1.67. The molecule has 1 amide bonds. The first-order valence-corrected chi connectivity index (χ1v) is 3.54. The summed E-state index contributed by atoms with van der Waals surface area (Å²) in [6.07, 6.45) is 1.61. The van der Waals surface area contributed by atoms with E-state index in [-0.39, 0.29) is 12.5 Å². The predicted molar refractivity (Wildman–Crippen MR) is 44.4 cm³/mol. The van der Waals surface area contributed by atoms with Crippen LogP contribution in [0, 0.1) is 0 Å². The minimum Gasteiger partial charge on any atom is -0.307 e. The molecule has 1 aromatic heterocycles. The molecule has 2 rings (SSSR count). The molecular weight excluding hydrogens is 156 g/mol. The van der Waals surface area contributed by atoms with E-state index in [1.807, 2.05) is 6.07 Å². The Balaban J connectivity index is 2.47. The van der Waals surface area contributed by atoms with Gasteiger partial charge in [-0.1, -0.05) is 0 Å². The monoisotopic (exact) mass is 164 g/mol. The van der Waals surface area contributed by atoms with Gasteiger partial charge in [0.2, 0.25) is 5.91 Å². The maximum Gasteiger partial charge on any atom is 0.246 e. The molecule has 0 fully saturated rings. The van der Waals surface area contributed by atoms with E-state index < -0.39 is 0 Å². The predicted octanol–water partition coefficient (Wildman–Crippen LogP) is -0.286. The van der Waals surface area contributed by atoms with Gasteiger partial charge in [0, 0.05) is 6.20 Å². The highest BCUT2D eigenvalue weighted by molar-refractivity contribution is 5.99. The Bertz CT molecular complexity index is 325. The zero-order chi connectivity index (χ0) is 8.55. The number of aromatic nitrogens is 1. The number of nitrogens with one attached hydrogen (secondary N) is 1. The average molecular weight is 164 g/mol. The number of fused-ring (bicyclic) bond motifs is 1. The highest BCUT2D eigenvalue weighted by Gasteiger charge is 2.19. The zero-order valence-corrected chi connectivity index (χ0v) is 6.32. The minimum absolute atomic E-state index is 0.135. The highest BCUT2D eigenvalue weighted by Crippen LogP contribution is 2.23. The van der Waals surface area contributed by atoms with Gasteiger partial charge in [0.25, 0.3) is 0 Å². The lowest BCUT2D eigenvalue weighted by Crippen LogP contribution is -2.43. The van der Waals surface area contributed by atoms with Crippen molar-refractivity contribution < 1.29 is 4.79 Å². The number of nitrogens with zero attached hydrogens (tertiary/aromatic N) is 2. The van der Waals surface area contributed by atoms with Crippen LogP contribution in [0.4, 0.5) is 11.5 Å². The van der Waals surface area contributed by atoms with Crippen molar-refractivity contribution in [1.82, 2.24) is 4.98 Å². The fourth-order valence-corrected chi connectivity index (χ4v) is 1.14. The number of anilines is 2. The quantitative estimate of drug-likeness (QED) is 0.517. The molecule has 0 aliphatic carbocycles. The van der Waals surface area contributed by atoms with E-state index in [0.717, 1.165) is 5.69 Å². The Kier molecular flexibility index (Phi) is 1.44. The number of carbonyl (C=O) groups is 1. The number of hydrogen-bond acceptors (Lipinski definition) is 4. The summed E-state index contributed by atoms with van der Waals surface area (Å²) >= 11 is 0. The minimum atomic E-state index is -0.135. The van der Waals surface area contributed by atoms with Gasteiger partial charge in [-0.3, -0.25) is 9.80 Å². The molecular formula is C7H8N4O. The van der Waals surface area contributed by atoms with Gasteiger partial charge < -0.3 is 5.32 Å². The molecule has 0 bridgehead atoms. The average Bonchev–Trinajstić information content (AvgIpc) is 2.04. The lowest BCUT2D eigenvalue weighted by Gasteiger charge is -2.24. The summed E-state index contributed by atoms with van der Waals surface area (Å²) in [7, 11) is 0. The molecule has 1 aliphatic heterocycles. The maximum absolute atomic E-state index is 11.0. The second-order valence-corrected chi connectivity index (χ2v) is 2.55. The molecule has 1 aromatic rings. The number of carbonyl (C=O) groups excluding carboxylic acids is 1. The molecule has 2 heterocycles. The van der Waals surface area contributed by atoms with Crippen LogP contribution < -0.4 is 16.2 Å². The normalized spacial score (nSPS) is 15.4. The standard InChI is InChI=1S/C7H8N4O/c8-11-4-6(12)10-7-5(11)2-1-3-9-7/h1-3H,4,8H2,(H,9,10,12). The molecule has 62 valence electrons. The molecule has 0 saturated carbocycles. The summed E-state index contributed by atoms with van der Waals surface area (Å²) in [5.74, 6) is 5.96. The Morgan fingerprint density at radius 1 is 1.67 bits per heavy atom. The van der Waals surface area contributed by atoms with Crippen LogP contribution in [-0.2, 0) is 4.79 Å². The Hall–Kier alpha value is -1.62. The Morgan fingerprint density at radius 3 is 3.33 bits per heavy atom. The summed E-state index contributed by atoms with van der Waals surface area (Å²) in [6, 6.07) is 3.58. The molecule has 3 N–H and O–H groups in total. The molecule has 5 nitrogen and oxygen atoms in total. The molecule has 5 heteroatoms. The van der Waals surface area contributed by atoms with Crippen molar-refractivity contribution in [2.75, 3.05) is 16.9 Å². The number of pyridine rings is 1. The van der Waals surface area contributed by atoms with Crippen LogP contribution in [0.15, 0.2) is 18.3 Å². The van der Waals surface area contributed by atoms with Gasteiger partial charge in [-0.05, 0) is 12.1 Å². The third-order valence-corrected chi connectivity index (χ3v) is 1.67. The van der Waals surface area contributed by atoms with Crippen LogP contribution in [-0.4, -0.2) is 17.4 Å². The lowest BCUT2D eigenvalue weighted by atomic mass is 10.3. The van der Waals surface area contributed by atoms with E-state index in [1.54, 1.807) is 12.3 Å². The first kappa shape index (κ1) is 7.05. The van der Waals surface area contributed by atoms with E-state index in [0.29, 0.717) is 5.82 Å². The van der Waals surface area contributed by atoms with Gasteiger partial charge in [-0.25, -0.2) is 10.8 Å². The molecule has 0 radical (unpaired) electrons. The van der Waals surface area contributed by atoms with Gasteiger partial charge in [0.05, 0.1) is 5.69 Å². The summed E-state index contributed by atoms with van der Waals surface area (Å²) in [5, 5.41) is 3.99. The molecule has 12 heavy (non-hydrogen) atoms. The second-order valence-electron chi connectivity index (χ2n) is 2.55. The van der Waals surface area contributed by atoms with E-state index >= 15 is 0 Å². The van der Waals surface area contributed by atoms with Crippen molar-refractivity contribution >= 4 is 17.4 Å². The van der Waals surface area contributed by atoms with Crippen LogP contribution in [0.25, 0.3) is 0 Å².